The first-order valence-corrected chi connectivity index (χ1v) is 15.7. The van der Waals surface area contributed by atoms with Gasteiger partial charge in [0.25, 0.3) is 0 Å². The molecule has 42 heavy (non-hydrogen) atoms. The topological polar surface area (TPSA) is 87.7 Å². The Labute approximate surface area is 253 Å². The first-order chi connectivity index (χ1) is 19.9. The van der Waals surface area contributed by atoms with E-state index in [-0.39, 0.29) is 24.3 Å². The fourth-order valence-electron chi connectivity index (χ4n) is 5.00. The number of hydrogen-bond donors (Lipinski definition) is 2. The lowest BCUT2D eigenvalue weighted by Gasteiger charge is -2.35. The summed E-state index contributed by atoms with van der Waals surface area (Å²) in [6.45, 7) is 14.0. The van der Waals surface area contributed by atoms with Crippen molar-refractivity contribution in [2.75, 3.05) is 6.54 Å². The molecule has 0 radical (unpaired) electrons. The van der Waals surface area contributed by atoms with Gasteiger partial charge in [-0.05, 0) is 58.6 Å². The van der Waals surface area contributed by atoms with Crippen LogP contribution in [0.5, 0.6) is 0 Å². The molecule has 0 saturated carbocycles. The number of unbranched alkanes of at least 4 members (excludes halogenated alkanes) is 4. The largest absolute Gasteiger partial charge is 0.444 e. The van der Waals surface area contributed by atoms with Crippen molar-refractivity contribution in [3.63, 3.8) is 0 Å². The molecular formula is C35H53N3O4. The van der Waals surface area contributed by atoms with Crippen LogP contribution in [0.15, 0.2) is 54.6 Å². The summed E-state index contributed by atoms with van der Waals surface area (Å²) >= 11 is 0. The maximum absolute atomic E-state index is 14.5. The highest BCUT2D eigenvalue weighted by Crippen LogP contribution is 2.25. The number of alkyl carbamates (subject to hydrolysis) is 1. The van der Waals surface area contributed by atoms with Crippen LogP contribution in [0, 0.1) is 6.92 Å². The number of aryl methyl sites for hydroxylation is 1. The molecule has 7 nitrogen and oxygen atoms in total. The van der Waals surface area contributed by atoms with Crippen LogP contribution in [0.4, 0.5) is 4.79 Å². The SMILES string of the molecule is CCCCCCCN(C(=O)C(Cc1ccccc1)NC(=O)OC(C)(C)C)C(C(=O)NC(C)CCC)c1ccc(C)cc1. The number of nitrogens with one attached hydrogen (secondary N) is 2. The molecule has 0 aliphatic rings. The fraction of sp³-hybridized carbons (Fsp3) is 0.571. The molecule has 0 saturated heterocycles. The minimum atomic E-state index is -0.910. The Balaban J connectivity index is 2.53. The summed E-state index contributed by atoms with van der Waals surface area (Å²) in [5.74, 6) is -0.512. The molecule has 0 aliphatic heterocycles. The van der Waals surface area contributed by atoms with Crippen LogP contribution in [0.1, 0.15) is 109 Å². The van der Waals surface area contributed by atoms with Crippen molar-refractivity contribution in [1.29, 1.82) is 0 Å². The Bertz CT molecular complexity index is 1100. The van der Waals surface area contributed by atoms with E-state index in [1.165, 1.54) is 0 Å². The van der Waals surface area contributed by atoms with E-state index < -0.39 is 23.8 Å². The molecule has 2 aromatic carbocycles. The summed E-state index contributed by atoms with van der Waals surface area (Å²) in [6, 6.07) is 15.6. The van der Waals surface area contributed by atoms with Gasteiger partial charge in [0, 0.05) is 19.0 Å². The maximum atomic E-state index is 14.5. The van der Waals surface area contributed by atoms with E-state index in [9.17, 15) is 14.4 Å². The highest BCUT2D eigenvalue weighted by atomic mass is 16.6. The molecule has 0 spiro atoms. The van der Waals surface area contributed by atoms with E-state index >= 15 is 0 Å². The number of carbonyl (C=O) groups is 3. The van der Waals surface area contributed by atoms with E-state index in [0.717, 1.165) is 61.6 Å². The van der Waals surface area contributed by atoms with E-state index in [1.807, 2.05) is 68.4 Å². The minimum absolute atomic E-state index is 0.0306. The summed E-state index contributed by atoms with van der Waals surface area (Å²) in [5, 5.41) is 6.00. The molecule has 0 bridgehead atoms. The lowest BCUT2D eigenvalue weighted by molar-refractivity contribution is -0.142. The first kappa shape index (κ1) is 34.8. The van der Waals surface area contributed by atoms with Gasteiger partial charge in [0.2, 0.25) is 11.8 Å². The lowest BCUT2D eigenvalue weighted by atomic mass is 9.98. The summed E-state index contributed by atoms with van der Waals surface area (Å²) < 4.78 is 5.55. The van der Waals surface area contributed by atoms with Gasteiger partial charge in [0.15, 0.2) is 0 Å². The predicted molar refractivity (Wildman–Crippen MR) is 170 cm³/mol. The highest BCUT2D eigenvalue weighted by molar-refractivity contribution is 5.92. The van der Waals surface area contributed by atoms with Gasteiger partial charge in [-0.3, -0.25) is 9.59 Å². The molecule has 3 unspecified atom stereocenters. The molecular weight excluding hydrogens is 526 g/mol. The second-order valence-corrected chi connectivity index (χ2v) is 12.3. The Kier molecular flexibility index (Phi) is 14.6. The van der Waals surface area contributed by atoms with Crippen molar-refractivity contribution >= 4 is 17.9 Å². The monoisotopic (exact) mass is 579 g/mol. The summed E-state index contributed by atoms with van der Waals surface area (Å²) in [5.41, 5.74) is 2.01. The number of amides is 3. The Morgan fingerprint density at radius 2 is 1.50 bits per heavy atom. The zero-order valence-corrected chi connectivity index (χ0v) is 26.9. The van der Waals surface area contributed by atoms with Crippen molar-refractivity contribution in [1.82, 2.24) is 15.5 Å². The van der Waals surface area contributed by atoms with E-state index in [2.05, 4.69) is 24.5 Å². The van der Waals surface area contributed by atoms with Gasteiger partial charge in [-0.2, -0.15) is 0 Å². The third kappa shape index (κ3) is 12.3. The molecule has 0 fully saturated rings. The molecule has 2 rings (SSSR count). The Hall–Kier alpha value is -3.35. The van der Waals surface area contributed by atoms with E-state index in [4.69, 9.17) is 4.74 Å². The van der Waals surface area contributed by atoms with Gasteiger partial charge in [-0.15, -0.1) is 0 Å². The molecule has 3 amide bonds. The van der Waals surface area contributed by atoms with Crippen molar-refractivity contribution < 1.29 is 19.1 Å². The molecule has 3 atom stereocenters. The minimum Gasteiger partial charge on any atom is -0.444 e. The standard InChI is InChI=1S/C35H53N3O4/c1-8-10-11-12-16-24-38(31(29-22-20-26(3)21-23-29)32(39)36-27(4)17-9-2)33(40)30(25-28-18-14-13-15-19-28)37-34(41)42-35(5,6)7/h13-15,18-23,27,30-31H,8-12,16-17,24-25H2,1-7H3,(H,36,39)(H,37,41). The number of benzene rings is 2. The highest BCUT2D eigenvalue weighted by Gasteiger charge is 2.36. The quantitative estimate of drug-likeness (QED) is 0.205. The van der Waals surface area contributed by atoms with Gasteiger partial charge < -0.3 is 20.3 Å². The van der Waals surface area contributed by atoms with Crippen LogP contribution in [-0.2, 0) is 20.7 Å². The van der Waals surface area contributed by atoms with Gasteiger partial charge in [-0.25, -0.2) is 4.79 Å². The van der Waals surface area contributed by atoms with Crippen LogP contribution in [0.3, 0.4) is 0 Å². The molecule has 7 heteroatoms. The number of carbonyl (C=O) groups excluding carboxylic acids is 3. The van der Waals surface area contributed by atoms with Crippen molar-refractivity contribution in [2.45, 2.75) is 124 Å². The number of ether oxygens (including phenoxy) is 1. The fourth-order valence-corrected chi connectivity index (χ4v) is 5.00. The van der Waals surface area contributed by atoms with Gasteiger partial charge >= 0.3 is 6.09 Å². The third-order valence-corrected chi connectivity index (χ3v) is 7.12. The van der Waals surface area contributed by atoms with Crippen molar-refractivity contribution in [3.8, 4) is 0 Å². The van der Waals surface area contributed by atoms with Crippen LogP contribution < -0.4 is 10.6 Å². The van der Waals surface area contributed by atoms with Gasteiger partial charge in [0.05, 0.1) is 0 Å². The van der Waals surface area contributed by atoms with E-state index in [0.29, 0.717) is 6.54 Å². The Morgan fingerprint density at radius 1 is 0.857 bits per heavy atom. The smallest absolute Gasteiger partial charge is 0.408 e. The van der Waals surface area contributed by atoms with Crippen LogP contribution in [0.2, 0.25) is 0 Å². The molecule has 2 N–H and O–H groups in total. The molecule has 232 valence electrons. The van der Waals surface area contributed by atoms with Crippen LogP contribution in [0.25, 0.3) is 0 Å². The maximum Gasteiger partial charge on any atom is 0.408 e. The molecule has 2 aromatic rings. The third-order valence-electron chi connectivity index (χ3n) is 7.12. The van der Waals surface area contributed by atoms with E-state index in [1.54, 1.807) is 25.7 Å². The van der Waals surface area contributed by atoms with Crippen LogP contribution in [-0.4, -0.2) is 47.0 Å². The normalized spacial score (nSPS) is 13.5. The summed E-state index contributed by atoms with van der Waals surface area (Å²) in [4.78, 5) is 43.2. The Morgan fingerprint density at radius 3 is 2.10 bits per heavy atom. The average Bonchev–Trinajstić information content (AvgIpc) is 2.92. The molecule has 0 heterocycles. The first-order valence-electron chi connectivity index (χ1n) is 15.7. The number of nitrogens with zero attached hydrogens (tertiary/aromatic N) is 1. The molecule has 0 aliphatic carbocycles. The van der Waals surface area contributed by atoms with Gasteiger partial charge in [-0.1, -0.05) is 106 Å². The summed E-state index contributed by atoms with van der Waals surface area (Å²) in [7, 11) is 0. The second kappa shape index (κ2) is 17.6. The average molecular weight is 580 g/mol. The van der Waals surface area contributed by atoms with Gasteiger partial charge in [0.1, 0.15) is 17.7 Å². The van der Waals surface area contributed by atoms with Crippen molar-refractivity contribution in [2.24, 2.45) is 0 Å². The summed E-state index contributed by atoms with van der Waals surface area (Å²) in [6.07, 6.45) is 6.42. The second-order valence-electron chi connectivity index (χ2n) is 12.3. The zero-order valence-electron chi connectivity index (χ0n) is 26.9. The zero-order chi connectivity index (χ0) is 31.1. The number of hydrogen-bond acceptors (Lipinski definition) is 4. The predicted octanol–water partition coefficient (Wildman–Crippen LogP) is 7.28. The van der Waals surface area contributed by atoms with Crippen molar-refractivity contribution in [3.05, 3.63) is 71.3 Å². The molecule has 0 aromatic heterocycles. The lowest BCUT2D eigenvalue weighted by Crippen LogP contribution is -2.54. The number of rotatable bonds is 16. The van der Waals surface area contributed by atoms with Crippen LogP contribution >= 0.6 is 0 Å².